The first kappa shape index (κ1) is 24.3. The highest BCUT2D eigenvalue weighted by molar-refractivity contribution is 7.89. The monoisotopic (exact) mass is 493 g/mol. The number of primary sulfonamides is 1. The van der Waals surface area contributed by atoms with Gasteiger partial charge in [0, 0.05) is 12.1 Å². The van der Waals surface area contributed by atoms with Crippen LogP contribution in [0.5, 0.6) is 0 Å². The number of sulfonamides is 1. The lowest BCUT2D eigenvalue weighted by molar-refractivity contribution is 0.101. The van der Waals surface area contributed by atoms with Crippen LogP contribution in [0.2, 0.25) is 0 Å². The van der Waals surface area contributed by atoms with Crippen molar-refractivity contribution in [2.45, 2.75) is 18.4 Å². The highest BCUT2D eigenvalue weighted by Crippen LogP contribution is 2.29. The number of carbonyl (C=O) groups excluding carboxylic acids is 1. The normalized spacial score (nSPS) is 11.4. The van der Waals surface area contributed by atoms with Crippen LogP contribution in [0, 0.1) is 12.7 Å². The van der Waals surface area contributed by atoms with Gasteiger partial charge in [-0.2, -0.15) is 5.10 Å². The Hall–Kier alpha value is -3.86. The van der Waals surface area contributed by atoms with Crippen molar-refractivity contribution in [3.05, 3.63) is 95.6 Å². The van der Waals surface area contributed by atoms with Gasteiger partial charge in [0.05, 0.1) is 22.0 Å². The molecule has 0 atom stereocenters. The molecule has 0 unspecified atom stereocenters. The Balaban J connectivity index is 1.64. The number of benzene rings is 3. The molecule has 0 spiro atoms. The molecule has 0 aliphatic rings. The largest absolute Gasteiger partial charge is 0.318 e. The van der Waals surface area contributed by atoms with Gasteiger partial charge in [-0.25, -0.2) is 22.6 Å². The zero-order chi connectivity index (χ0) is 25.2. The van der Waals surface area contributed by atoms with Crippen molar-refractivity contribution in [2.24, 2.45) is 5.14 Å². The van der Waals surface area contributed by atoms with Crippen molar-refractivity contribution in [3.8, 4) is 16.8 Å². The minimum Gasteiger partial charge on any atom is -0.318 e. The van der Waals surface area contributed by atoms with Crippen LogP contribution in [0.25, 0.3) is 16.8 Å². The van der Waals surface area contributed by atoms with E-state index in [1.807, 2.05) is 31.3 Å². The first-order valence-electron chi connectivity index (χ1n) is 10.7. The van der Waals surface area contributed by atoms with Crippen molar-refractivity contribution in [2.75, 3.05) is 12.4 Å². The second-order valence-electron chi connectivity index (χ2n) is 7.97. The fourth-order valence-electron chi connectivity index (χ4n) is 3.78. The molecule has 0 aliphatic carbocycles. The van der Waals surface area contributed by atoms with Crippen molar-refractivity contribution in [1.82, 2.24) is 15.1 Å². The zero-order valence-electron chi connectivity index (χ0n) is 19.1. The molecule has 0 aliphatic heterocycles. The van der Waals surface area contributed by atoms with Gasteiger partial charge in [-0.05, 0) is 61.5 Å². The van der Waals surface area contributed by atoms with Crippen LogP contribution in [0.3, 0.4) is 0 Å². The molecule has 0 saturated carbocycles. The number of nitrogens with zero attached hydrogens (tertiary/aromatic N) is 2. The van der Waals surface area contributed by atoms with Gasteiger partial charge < -0.3 is 10.6 Å². The number of nitrogens with two attached hydrogens (primary N) is 1. The van der Waals surface area contributed by atoms with Crippen LogP contribution < -0.4 is 15.8 Å². The predicted octanol–water partition coefficient (Wildman–Crippen LogP) is 3.61. The van der Waals surface area contributed by atoms with Gasteiger partial charge in [0.1, 0.15) is 11.5 Å². The minimum absolute atomic E-state index is 0.0545. The molecular weight excluding hydrogens is 469 g/mol. The fraction of sp³-hybridized carbons (Fsp3) is 0.120. The SMILES string of the molecule is CNCc1cccc(-n2nc(C)cc2C(=O)Nc2ccc(-c3ccccc3S(N)(=O)=O)cc2F)c1. The van der Waals surface area contributed by atoms with Gasteiger partial charge in [0.25, 0.3) is 5.91 Å². The van der Waals surface area contributed by atoms with Crippen LogP contribution >= 0.6 is 0 Å². The third-order valence-corrected chi connectivity index (χ3v) is 6.29. The quantitative estimate of drug-likeness (QED) is 0.363. The van der Waals surface area contributed by atoms with E-state index in [1.165, 1.54) is 35.0 Å². The van der Waals surface area contributed by atoms with Crippen molar-refractivity contribution in [3.63, 3.8) is 0 Å². The molecule has 1 heterocycles. The molecule has 8 nitrogen and oxygen atoms in total. The first-order chi connectivity index (χ1) is 16.7. The predicted molar refractivity (Wildman–Crippen MR) is 132 cm³/mol. The van der Waals surface area contributed by atoms with E-state index in [2.05, 4.69) is 15.7 Å². The van der Waals surface area contributed by atoms with Crippen LogP contribution in [-0.2, 0) is 16.6 Å². The molecule has 180 valence electrons. The van der Waals surface area contributed by atoms with Gasteiger partial charge in [0.15, 0.2) is 0 Å². The molecule has 0 bridgehead atoms. The maximum Gasteiger partial charge on any atom is 0.274 e. The molecule has 1 aromatic heterocycles. The topological polar surface area (TPSA) is 119 Å². The summed E-state index contributed by atoms with van der Waals surface area (Å²) in [5, 5.41) is 15.4. The summed E-state index contributed by atoms with van der Waals surface area (Å²) in [4.78, 5) is 13.0. The van der Waals surface area contributed by atoms with E-state index in [1.54, 1.807) is 19.1 Å². The molecule has 0 radical (unpaired) electrons. The van der Waals surface area contributed by atoms with E-state index in [9.17, 15) is 17.6 Å². The number of aryl methyl sites for hydroxylation is 1. The number of aromatic nitrogens is 2. The average molecular weight is 494 g/mol. The maximum absolute atomic E-state index is 15.0. The maximum atomic E-state index is 15.0. The van der Waals surface area contributed by atoms with Crippen molar-refractivity contribution < 1.29 is 17.6 Å². The van der Waals surface area contributed by atoms with Crippen molar-refractivity contribution in [1.29, 1.82) is 0 Å². The number of rotatable bonds is 7. The lowest BCUT2D eigenvalue weighted by Gasteiger charge is -2.12. The number of anilines is 1. The molecule has 0 fully saturated rings. The van der Waals surface area contributed by atoms with E-state index < -0.39 is 21.7 Å². The number of hydrogen-bond donors (Lipinski definition) is 3. The molecular formula is C25H24FN5O3S. The van der Waals surface area contributed by atoms with Crippen LogP contribution in [0.1, 0.15) is 21.7 Å². The number of amides is 1. The minimum atomic E-state index is -4.00. The Bertz CT molecular complexity index is 1520. The number of halogens is 1. The zero-order valence-corrected chi connectivity index (χ0v) is 19.9. The van der Waals surface area contributed by atoms with Gasteiger partial charge in [-0.15, -0.1) is 0 Å². The van der Waals surface area contributed by atoms with E-state index >= 15 is 0 Å². The molecule has 4 aromatic rings. The second kappa shape index (κ2) is 9.79. The van der Waals surface area contributed by atoms with E-state index in [-0.39, 0.29) is 21.8 Å². The van der Waals surface area contributed by atoms with Gasteiger partial charge in [0.2, 0.25) is 10.0 Å². The first-order valence-corrected chi connectivity index (χ1v) is 12.3. The summed E-state index contributed by atoms with van der Waals surface area (Å²) in [7, 11) is -2.16. The fourth-order valence-corrected chi connectivity index (χ4v) is 4.54. The Labute approximate surface area is 202 Å². The van der Waals surface area contributed by atoms with E-state index in [0.717, 1.165) is 11.6 Å². The molecule has 35 heavy (non-hydrogen) atoms. The molecule has 4 N–H and O–H groups in total. The Kier molecular flexibility index (Phi) is 6.79. The highest BCUT2D eigenvalue weighted by atomic mass is 32.2. The van der Waals surface area contributed by atoms with Crippen molar-refractivity contribution >= 4 is 21.6 Å². The second-order valence-corrected chi connectivity index (χ2v) is 9.50. The van der Waals surface area contributed by atoms with E-state index in [4.69, 9.17) is 5.14 Å². The lowest BCUT2D eigenvalue weighted by atomic mass is 10.0. The van der Waals surface area contributed by atoms with Gasteiger partial charge in [-0.3, -0.25) is 4.79 Å². The summed E-state index contributed by atoms with van der Waals surface area (Å²) in [5.74, 6) is -1.26. The highest BCUT2D eigenvalue weighted by Gasteiger charge is 2.19. The van der Waals surface area contributed by atoms with Crippen LogP contribution in [-0.4, -0.2) is 31.2 Å². The Morgan fingerprint density at radius 2 is 1.83 bits per heavy atom. The lowest BCUT2D eigenvalue weighted by Crippen LogP contribution is -2.18. The Morgan fingerprint density at radius 1 is 1.06 bits per heavy atom. The van der Waals surface area contributed by atoms with Crippen LogP contribution in [0.4, 0.5) is 10.1 Å². The third kappa shape index (κ3) is 5.29. The summed E-state index contributed by atoms with van der Waals surface area (Å²) in [6.45, 7) is 2.42. The summed E-state index contributed by atoms with van der Waals surface area (Å²) in [6.07, 6.45) is 0. The molecule has 3 aromatic carbocycles. The molecule has 0 saturated heterocycles. The van der Waals surface area contributed by atoms with Gasteiger partial charge >= 0.3 is 0 Å². The molecule has 1 amide bonds. The molecule has 4 rings (SSSR count). The summed E-state index contributed by atoms with van der Waals surface area (Å²) in [5.41, 5.74) is 3.12. The standard InChI is InChI=1S/C25H24FN5O3S/c1-16-12-23(31(30-16)19-7-5-6-17(13-19)15-28-2)25(32)29-22-11-10-18(14-21(22)26)20-8-3-4-9-24(20)35(27,33)34/h3-14,28H,15H2,1-2H3,(H,29,32)(H2,27,33,34). The van der Waals surface area contributed by atoms with Gasteiger partial charge in [-0.1, -0.05) is 36.4 Å². The van der Waals surface area contributed by atoms with Crippen LogP contribution in [0.15, 0.2) is 77.7 Å². The summed E-state index contributed by atoms with van der Waals surface area (Å²) >= 11 is 0. The third-order valence-electron chi connectivity index (χ3n) is 5.32. The Morgan fingerprint density at radius 3 is 2.54 bits per heavy atom. The number of nitrogens with one attached hydrogen (secondary N) is 2. The van der Waals surface area contributed by atoms with E-state index in [0.29, 0.717) is 23.5 Å². The smallest absolute Gasteiger partial charge is 0.274 e. The number of carbonyl (C=O) groups is 1. The summed E-state index contributed by atoms with van der Waals surface area (Å²) < 4.78 is 40.3. The summed E-state index contributed by atoms with van der Waals surface area (Å²) in [6, 6.07) is 19.3. The average Bonchev–Trinajstić information content (AvgIpc) is 3.22. The number of hydrogen-bond acceptors (Lipinski definition) is 5. The molecule has 10 heteroatoms.